The van der Waals surface area contributed by atoms with Crippen molar-refractivity contribution in [2.45, 2.75) is 6.54 Å². The molecule has 7 heteroatoms. The standard InChI is InChI=1S/C9H14N4O3/c1-13(5-8(10)14)4-6-2-3-7(16-6)9(15)12-11/h2-3H,4-5,11H2,1H3,(H2,10,14)(H,12,15). The zero-order chi connectivity index (χ0) is 12.1. The minimum absolute atomic E-state index is 0.124. The molecule has 0 radical (unpaired) electrons. The van der Waals surface area contributed by atoms with Crippen molar-refractivity contribution in [3.63, 3.8) is 0 Å². The Hall–Kier alpha value is -1.86. The van der Waals surface area contributed by atoms with Crippen LogP contribution >= 0.6 is 0 Å². The highest BCUT2D eigenvalue weighted by Gasteiger charge is 2.11. The molecule has 0 saturated carbocycles. The van der Waals surface area contributed by atoms with Crippen LogP contribution in [0.5, 0.6) is 0 Å². The van der Waals surface area contributed by atoms with E-state index in [0.29, 0.717) is 12.3 Å². The first-order valence-corrected chi connectivity index (χ1v) is 4.59. The molecule has 1 heterocycles. The third kappa shape index (κ3) is 3.37. The molecule has 1 aromatic heterocycles. The minimum atomic E-state index is -0.496. The number of nitrogen functional groups attached to an aromatic ring is 1. The summed E-state index contributed by atoms with van der Waals surface area (Å²) in [6.45, 7) is 0.514. The molecule has 0 saturated heterocycles. The van der Waals surface area contributed by atoms with E-state index in [4.69, 9.17) is 16.0 Å². The van der Waals surface area contributed by atoms with E-state index in [1.807, 2.05) is 5.43 Å². The van der Waals surface area contributed by atoms with E-state index >= 15 is 0 Å². The van der Waals surface area contributed by atoms with Gasteiger partial charge in [0.2, 0.25) is 5.91 Å². The number of furan rings is 1. The number of hydrogen-bond donors (Lipinski definition) is 3. The van der Waals surface area contributed by atoms with Crippen LogP contribution in [0, 0.1) is 0 Å². The summed E-state index contributed by atoms with van der Waals surface area (Å²) in [4.78, 5) is 23.4. The molecule has 16 heavy (non-hydrogen) atoms. The minimum Gasteiger partial charge on any atom is -0.455 e. The molecule has 1 rings (SSSR count). The number of rotatable bonds is 5. The Morgan fingerprint density at radius 1 is 1.50 bits per heavy atom. The summed E-state index contributed by atoms with van der Waals surface area (Å²) in [6, 6.07) is 3.15. The first-order valence-electron chi connectivity index (χ1n) is 4.59. The number of likely N-dealkylation sites (N-methyl/N-ethyl adjacent to an activating group) is 1. The summed E-state index contributed by atoms with van der Waals surface area (Å²) in [7, 11) is 1.72. The molecular formula is C9H14N4O3. The Labute approximate surface area is 92.3 Å². The van der Waals surface area contributed by atoms with Crippen LogP contribution in [0.1, 0.15) is 16.3 Å². The maximum absolute atomic E-state index is 11.1. The molecule has 0 bridgehead atoms. The smallest absolute Gasteiger partial charge is 0.300 e. The van der Waals surface area contributed by atoms with Gasteiger partial charge in [0.15, 0.2) is 5.76 Å². The van der Waals surface area contributed by atoms with Crippen LogP contribution in [0.4, 0.5) is 0 Å². The molecule has 0 spiro atoms. The molecule has 0 aliphatic rings. The lowest BCUT2D eigenvalue weighted by atomic mass is 10.4. The van der Waals surface area contributed by atoms with Gasteiger partial charge in [-0.05, 0) is 19.2 Å². The number of nitrogens with zero attached hydrogens (tertiary/aromatic N) is 1. The first kappa shape index (κ1) is 12.2. The fourth-order valence-corrected chi connectivity index (χ4v) is 1.24. The van der Waals surface area contributed by atoms with E-state index < -0.39 is 11.8 Å². The third-order valence-electron chi connectivity index (χ3n) is 1.87. The van der Waals surface area contributed by atoms with Crippen molar-refractivity contribution in [1.29, 1.82) is 0 Å². The van der Waals surface area contributed by atoms with E-state index in [9.17, 15) is 9.59 Å². The van der Waals surface area contributed by atoms with Crippen molar-refractivity contribution in [2.24, 2.45) is 11.6 Å². The van der Waals surface area contributed by atoms with E-state index in [1.165, 1.54) is 6.07 Å². The van der Waals surface area contributed by atoms with Crippen LogP contribution in [0.25, 0.3) is 0 Å². The zero-order valence-electron chi connectivity index (χ0n) is 8.90. The molecule has 0 unspecified atom stereocenters. The van der Waals surface area contributed by atoms with Gasteiger partial charge in [-0.1, -0.05) is 0 Å². The molecule has 0 atom stereocenters. The van der Waals surface area contributed by atoms with Crippen LogP contribution in [0.3, 0.4) is 0 Å². The van der Waals surface area contributed by atoms with Gasteiger partial charge in [-0.25, -0.2) is 5.84 Å². The second kappa shape index (κ2) is 5.29. The molecule has 7 nitrogen and oxygen atoms in total. The molecule has 0 fully saturated rings. The van der Waals surface area contributed by atoms with Crippen molar-refractivity contribution in [2.75, 3.05) is 13.6 Å². The highest BCUT2D eigenvalue weighted by molar-refractivity contribution is 5.90. The van der Waals surface area contributed by atoms with Crippen molar-refractivity contribution in [3.8, 4) is 0 Å². The SMILES string of the molecule is CN(CC(N)=O)Cc1ccc(C(=O)NN)o1. The van der Waals surface area contributed by atoms with Gasteiger partial charge >= 0.3 is 5.91 Å². The molecule has 0 aliphatic carbocycles. The Bertz CT molecular complexity index is 388. The second-order valence-electron chi connectivity index (χ2n) is 3.38. The lowest BCUT2D eigenvalue weighted by molar-refractivity contribution is -0.119. The Balaban J connectivity index is 2.58. The Morgan fingerprint density at radius 3 is 2.75 bits per heavy atom. The summed E-state index contributed by atoms with van der Waals surface area (Å²) in [5.41, 5.74) is 6.99. The van der Waals surface area contributed by atoms with Gasteiger partial charge in [-0.15, -0.1) is 0 Å². The number of amides is 2. The number of hydrogen-bond acceptors (Lipinski definition) is 5. The average Bonchev–Trinajstić information content (AvgIpc) is 2.63. The van der Waals surface area contributed by atoms with Crippen molar-refractivity contribution in [1.82, 2.24) is 10.3 Å². The Kier molecular flexibility index (Phi) is 4.03. The molecule has 88 valence electrons. The van der Waals surface area contributed by atoms with Gasteiger partial charge < -0.3 is 10.2 Å². The van der Waals surface area contributed by atoms with Gasteiger partial charge in [-0.3, -0.25) is 19.9 Å². The van der Waals surface area contributed by atoms with Crippen molar-refractivity contribution >= 4 is 11.8 Å². The van der Waals surface area contributed by atoms with Crippen LogP contribution < -0.4 is 17.0 Å². The highest BCUT2D eigenvalue weighted by Crippen LogP contribution is 2.09. The van der Waals surface area contributed by atoms with Crippen LogP contribution in [-0.4, -0.2) is 30.3 Å². The molecule has 0 aromatic carbocycles. The number of nitrogens with one attached hydrogen (secondary N) is 1. The fraction of sp³-hybridized carbons (Fsp3) is 0.333. The predicted octanol–water partition coefficient (Wildman–Crippen LogP) is -1.20. The van der Waals surface area contributed by atoms with Crippen LogP contribution in [0.15, 0.2) is 16.5 Å². The molecule has 5 N–H and O–H groups in total. The predicted molar refractivity (Wildman–Crippen MR) is 55.9 cm³/mol. The quantitative estimate of drug-likeness (QED) is 0.331. The second-order valence-corrected chi connectivity index (χ2v) is 3.38. The first-order chi connectivity index (χ1) is 7.52. The summed E-state index contributed by atoms with van der Waals surface area (Å²) < 4.78 is 5.20. The van der Waals surface area contributed by atoms with E-state index in [-0.39, 0.29) is 12.3 Å². The lowest BCUT2D eigenvalue weighted by Gasteiger charge is -2.11. The molecule has 0 aliphatic heterocycles. The summed E-state index contributed by atoms with van der Waals surface area (Å²) in [5, 5.41) is 0. The maximum atomic E-state index is 11.1. The monoisotopic (exact) mass is 226 g/mol. The molecular weight excluding hydrogens is 212 g/mol. The van der Waals surface area contributed by atoms with Gasteiger partial charge in [0.25, 0.3) is 0 Å². The number of carbonyl (C=O) groups is 2. The van der Waals surface area contributed by atoms with E-state index in [1.54, 1.807) is 18.0 Å². The summed E-state index contributed by atoms with van der Waals surface area (Å²) >= 11 is 0. The van der Waals surface area contributed by atoms with E-state index in [2.05, 4.69) is 0 Å². The zero-order valence-corrected chi connectivity index (χ0v) is 8.90. The van der Waals surface area contributed by atoms with Gasteiger partial charge in [0, 0.05) is 0 Å². The van der Waals surface area contributed by atoms with Gasteiger partial charge in [-0.2, -0.15) is 0 Å². The topological polar surface area (TPSA) is 115 Å². The van der Waals surface area contributed by atoms with Crippen LogP contribution in [0.2, 0.25) is 0 Å². The van der Waals surface area contributed by atoms with Crippen molar-refractivity contribution < 1.29 is 14.0 Å². The third-order valence-corrected chi connectivity index (χ3v) is 1.87. The highest BCUT2D eigenvalue weighted by atomic mass is 16.4. The maximum Gasteiger partial charge on any atom is 0.300 e. The number of carbonyl (C=O) groups excluding carboxylic acids is 2. The summed E-state index contributed by atoms with van der Waals surface area (Å²) in [5.74, 6) is 4.72. The van der Waals surface area contributed by atoms with Gasteiger partial charge in [0.05, 0.1) is 13.1 Å². The normalized spacial score (nSPS) is 10.4. The molecule has 1 aromatic rings. The average molecular weight is 226 g/mol. The van der Waals surface area contributed by atoms with Gasteiger partial charge in [0.1, 0.15) is 5.76 Å². The largest absolute Gasteiger partial charge is 0.455 e. The number of hydrazine groups is 1. The molecule has 2 amide bonds. The fourth-order valence-electron chi connectivity index (χ4n) is 1.24. The summed E-state index contributed by atoms with van der Waals surface area (Å²) in [6.07, 6.45) is 0. The van der Waals surface area contributed by atoms with E-state index in [0.717, 1.165) is 0 Å². The van der Waals surface area contributed by atoms with Crippen molar-refractivity contribution in [3.05, 3.63) is 23.7 Å². The lowest BCUT2D eigenvalue weighted by Crippen LogP contribution is -2.30. The number of primary amides is 1. The number of nitrogens with two attached hydrogens (primary N) is 2. The van der Waals surface area contributed by atoms with Crippen LogP contribution in [-0.2, 0) is 11.3 Å². The Morgan fingerprint density at radius 2 is 2.19 bits per heavy atom.